The van der Waals surface area contributed by atoms with Crippen LogP contribution in [0.5, 0.6) is 5.75 Å². The molecule has 1 amide bonds. The molecule has 2 aliphatic heterocycles. The molecule has 4 rings (SSSR count). The van der Waals surface area contributed by atoms with E-state index in [1.807, 2.05) is 4.90 Å². The molecule has 3 heterocycles. The molecular formula is C18H22N4O4S. The Morgan fingerprint density at radius 2 is 2.11 bits per heavy atom. The van der Waals surface area contributed by atoms with E-state index >= 15 is 0 Å². The van der Waals surface area contributed by atoms with Gasteiger partial charge >= 0.3 is 0 Å². The Morgan fingerprint density at radius 1 is 1.26 bits per heavy atom. The Labute approximate surface area is 158 Å². The molecule has 0 spiro atoms. The highest BCUT2D eigenvalue weighted by molar-refractivity contribution is 7.92. The minimum absolute atomic E-state index is 0.0652. The van der Waals surface area contributed by atoms with E-state index in [1.165, 1.54) is 17.1 Å². The van der Waals surface area contributed by atoms with Crippen LogP contribution in [0.15, 0.2) is 35.5 Å². The third-order valence-corrected chi connectivity index (χ3v) is 6.39. The van der Waals surface area contributed by atoms with Crippen molar-refractivity contribution in [3.63, 3.8) is 0 Å². The normalized spacial score (nSPS) is 20.1. The van der Waals surface area contributed by atoms with Gasteiger partial charge in [-0.1, -0.05) is 0 Å². The molecule has 27 heavy (non-hydrogen) atoms. The Balaban J connectivity index is 1.65. The summed E-state index contributed by atoms with van der Waals surface area (Å²) in [7, 11) is -2.13. The first-order valence-electron chi connectivity index (χ1n) is 9.03. The summed E-state index contributed by atoms with van der Waals surface area (Å²) in [5, 5.41) is 3.89. The summed E-state index contributed by atoms with van der Waals surface area (Å²) in [6.07, 6.45) is 6.61. The van der Waals surface area contributed by atoms with Gasteiger partial charge in [-0.2, -0.15) is 5.10 Å². The van der Waals surface area contributed by atoms with Gasteiger partial charge in [0.15, 0.2) is 0 Å². The van der Waals surface area contributed by atoms with Crippen LogP contribution in [0.1, 0.15) is 36.0 Å². The van der Waals surface area contributed by atoms with Crippen molar-refractivity contribution in [2.24, 2.45) is 7.05 Å². The first-order valence-corrected chi connectivity index (χ1v) is 10.5. The Kier molecular flexibility index (Phi) is 4.55. The Hall–Kier alpha value is -2.55. The van der Waals surface area contributed by atoms with E-state index < -0.39 is 10.0 Å². The van der Waals surface area contributed by atoms with Gasteiger partial charge in [-0.3, -0.25) is 14.2 Å². The highest BCUT2D eigenvalue weighted by Crippen LogP contribution is 2.31. The lowest BCUT2D eigenvalue weighted by Crippen LogP contribution is -2.45. The maximum absolute atomic E-state index is 13.1. The number of amides is 1. The summed E-state index contributed by atoms with van der Waals surface area (Å²) < 4.78 is 34.8. The molecular weight excluding hydrogens is 368 g/mol. The number of hydrogen-bond acceptors (Lipinski definition) is 5. The molecule has 0 saturated carbocycles. The number of sulfonamides is 1. The first kappa shape index (κ1) is 17.8. The summed E-state index contributed by atoms with van der Waals surface area (Å²) >= 11 is 0. The van der Waals surface area contributed by atoms with Crippen molar-refractivity contribution in [2.45, 2.75) is 36.6 Å². The van der Waals surface area contributed by atoms with Crippen LogP contribution in [0.3, 0.4) is 0 Å². The van der Waals surface area contributed by atoms with Gasteiger partial charge in [-0.15, -0.1) is 0 Å². The van der Waals surface area contributed by atoms with Crippen LogP contribution in [0.4, 0.5) is 5.69 Å². The zero-order chi connectivity index (χ0) is 19.0. The zero-order valence-corrected chi connectivity index (χ0v) is 15.9. The Bertz CT molecular complexity index is 969. The lowest BCUT2D eigenvalue weighted by Gasteiger charge is -2.37. The molecule has 144 valence electrons. The average molecular weight is 390 g/mol. The molecule has 1 atom stereocenters. The van der Waals surface area contributed by atoms with E-state index in [-0.39, 0.29) is 16.8 Å². The fraction of sp³-hybridized carbons (Fsp3) is 0.444. The maximum Gasteiger partial charge on any atom is 0.265 e. The van der Waals surface area contributed by atoms with Crippen molar-refractivity contribution in [3.05, 3.63) is 36.2 Å². The van der Waals surface area contributed by atoms with Gasteiger partial charge in [0, 0.05) is 37.9 Å². The number of carbonyl (C=O) groups excluding carboxylic acids is 1. The van der Waals surface area contributed by atoms with Crippen LogP contribution in [0, 0.1) is 0 Å². The van der Waals surface area contributed by atoms with Crippen LogP contribution >= 0.6 is 0 Å². The van der Waals surface area contributed by atoms with Crippen molar-refractivity contribution >= 4 is 21.6 Å². The fourth-order valence-corrected chi connectivity index (χ4v) is 4.70. The van der Waals surface area contributed by atoms with Crippen LogP contribution < -0.4 is 9.46 Å². The highest BCUT2D eigenvalue weighted by Gasteiger charge is 2.31. The van der Waals surface area contributed by atoms with Gasteiger partial charge < -0.3 is 9.64 Å². The second-order valence-corrected chi connectivity index (χ2v) is 8.63. The molecule has 1 fully saturated rings. The number of aromatic nitrogens is 2. The predicted octanol–water partition coefficient (Wildman–Crippen LogP) is 2.00. The molecule has 1 saturated heterocycles. The van der Waals surface area contributed by atoms with E-state index in [0.717, 1.165) is 32.2 Å². The number of piperidine rings is 1. The summed E-state index contributed by atoms with van der Waals surface area (Å²) in [5.74, 6) is 0.394. The van der Waals surface area contributed by atoms with Gasteiger partial charge in [0.25, 0.3) is 15.9 Å². The van der Waals surface area contributed by atoms with Crippen LogP contribution in [0.2, 0.25) is 0 Å². The number of hydrogen-bond donors (Lipinski definition) is 1. The minimum atomic E-state index is -3.78. The largest absolute Gasteiger partial charge is 0.493 e. The number of nitrogens with one attached hydrogen (secondary N) is 1. The number of anilines is 1. The van der Waals surface area contributed by atoms with Crippen LogP contribution in [-0.2, 0) is 17.1 Å². The van der Waals surface area contributed by atoms with Crippen molar-refractivity contribution in [3.8, 4) is 5.75 Å². The molecule has 0 aliphatic carbocycles. The summed E-state index contributed by atoms with van der Waals surface area (Å²) in [5.41, 5.74) is 0.719. The first-order chi connectivity index (χ1) is 12.9. The number of fused-ring (bicyclic) bond motifs is 2. The number of nitrogens with zero attached hydrogens (tertiary/aromatic N) is 3. The van der Waals surface area contributed by atoms with E-state index in [9.17, 15) is 13.2 Å². The molecule has 9 heteroatoms. The second-order valence-electron chi connectivity index (χ2n) is 6.95. The third-order valence-electron chi connectivity index (χ3n) is 5.05. The van der Waals surface area contributed by atoms with Gasteiger partial charge in [-0.25, -0.2) is 8.42 Å². The van der Waals surface area contributed by atoms with Gasteiger partial charge in [0.05, 0.1) is 18.4 Å². The molecule has 1 N–H and O–H groups in total. The standard InChI is InChI=1S/C18H22N4O4S/c1-21-12-15(11-19-21)27(24,25)20-13-5-6-17-16(10-13)18(23)22-8-3-2-4-14(22)7-9-26-17/h5-6,10-12,14,20H,2-4,7-9H2,1H3/t14-/m1/s1. The lowest BCUT2D eigenvalue weighted by atomic mass is 9.97. The molecule has 8 nitrogen and oxygen atoms in total. The quantitative estimate of drug-likeness (QED) is 0.865. The van der Waals surface area contributed by atoms with Crippen molar-refractivity contribution in [1.29, 1.82) is 0 Å². The molecule has 2 aromatic rings. The summed E-state index contributed by atoms with van der Waals surface area (Å²) in [4.78, 5) is 15.0. The fourth-order valence-electron chi connectivity index (χ4n) is 3.67. The van der Waals surface area contributed by atoms with Gasteiger partial charge in [0.2, 0.25) is 0 Å². The summed E-state index contributed by atoms with van der Waals surface area (Å²) in [6.45, 7) is 1.27. The van der Waals surface area contributed by atoms with Crippen molar-refractivity contribution < 1.29 is 17.9 Å². The number of ether oxygens (including phenoxy) is 1. The van der Waals surface area contributed by atoms with E-state index in [0.29, 0.717) is 23.6 Å². The van der Waals surface area contributed by atoms with E-state index in [2.05, 4.69) is 9.82 Å². The minimum Gasteiger partial charge on any atom is -0.493 e. The number of benzene rings is 1. The molecule has 0 radical (unpaired) electrons. The van der Waals surface area contributed by atoms with Crippen molar-refractivity contribution in [1.82, 2.24) is 14.7 Å². The topological polar surface area (TPSA) is 93.5 Å². The third kappa shape index (κ3) is 3.51. The second kappa shape index (κ2) is 6.88. The smallest absolute Gasteiger partial charge is 0.265 e. The van der Waals surface area contributed by atoms with Crippen LogP contribution in [-0.4, -0.2) is 48.2 Å². The monoisotopic (exact) mass is 390 g/mol. The SMILES string of the molecule is Cn1cc(S(=O)(=O)Nc2ccc3c(c2)C(=O)N2CCCC[C@@H]2CCO3)cn1. The highest BCUT2D eigenvalue weighted by atomic mass is 32.2. The summed E-state index contributed by atoms with van der Waals surface area (Å²) in [6, 6.07) is 5.01. The van der Waals surface area contributed by atoms with Crippen LogP contribution in [0.25, 0.3) is 0 Å². The van der Waals surface area contributed by atoms with Gasteiger partial charge in [0.1, 0.15) is 10.6 Å². The van der Waals surface area contributed by atoms with Gasteiger partial charge in [-0.05, 0) is 37.5 Å². The molecule has 2 aliphatic rings. The predicted molar refractivity (Wildman–Crippen MR) is 99.2 cm³/mol. The van der Waals surface area contributed by atoms with Crippen molar-refractivity contribution in [2.75, 3.05) is 17.9 Å². The van der Waals surface area contributed by atoms with E-state index in [4.69, 9.17) is 4.74 Å². The number of rotatable bonds is 3. The molecule has 1 aromatic carbocycles. The lowest BCUT2D eigenvalue weighted by molar-refractivity contribution is 0.0548. The zero-order valence-electron chi connectivity index (χ0n) is 15.1. The van der Waals surface area contributed by atoms with E-state index in [1.54, 1.807) is 25.2 Å². The Morgan fingerprint density at radius 3 is 2.89 bits per heavy atom. The molecule has 0 bridgehead atoms. The number of carbonyl (C=O) groups is 1. The molecule has 0 unspecified atom stereocenters. The maximum atomic E-state index is 13.1. The number of aryl methyl sites for hydroxylation is 1. The average Bonchev–Trinajstić information content (AvgIpc) is 3.08. The molecule has 1 aromatic heterocycles.